The van der Waals surface area contributed by atoms with Crippen LogP contribution in [0.2, 0.25) is 0 Å². The number of hydrogen-bond donors (Lipinski definition) is 2. The van der Waals surface area contributed by atoms with Gasteiger partial charge in [0, 0.05) is 5.69 Å². The minimum Gasteiger partial charge on any atom is -0.294 e. The van der Waals surface area contributed by atoms with Crippen molar-refractivity contribution in [3.8, 4) is 0 Å². The van der Waals surface area contributed by atoms with Crippen molar-refractivity contribution in [1.82, 2.24) is 10.4 Å². The molecule has 0 aromatic carbocycles. The molecule has 0 aliphatic rings. The van der Waals surface area contributed by atoms with E-state index in [0.717, 1.165) is 17.8 Å². The second kappa shape index (κ2) is 4.57. The first-order valence-electron chi connectivity index (χ1n) is 4.20. The number of nitrogens with zero attached hydrogens (tertiary/aromatic N) is 1. The Labute approximate surface area is 77.1 Å². The smallest absolute Gasteiger partial charge is 0.239 e. The van der Waals surface area contributed by atoms with E-state index in [1.54, 1.807) is 0 Å². The third-order valence-electron chi connectivity index (χ3n) is 1.73. The van der Waals surface area contributed by atoms with Crippen molar-refractivity contribution in [2.45, 2.75) is 19.8 Å². The second-order valence-corrected chi connectivity index (χ2v) is 2.72. The summed E-state index contributed by atoms with van der Waals surface area (Å²) >= 11 is 0. The van der Waals surface area contributed by atoms with Gasteiger partial charge >= 0.3 is 0 Å². The fourth-order valence-electron chi connectivity index (χ4n) is 1.04. The zero-order chi connectivity index (χ0) is 9.68. The van der Waals surface area contributed by atoms with E-state index in [0.29, 0.717) is 0 Å². The first kappa shape index (κ1) is 9.67. The molecule has 1 aromatic rings. The summed E-state index contributed by atoms with van der Waals surface area (Å²) in [6.45, 7) is 2.02. The van der Waals surface area contributed by atoms with Gasteiger partial charge in [-0.15, -0.1) is 0 Å². The molecular weight excluding hydrogens is 166 g/mol. The summed E-state index contributed by atoms with van der Waals surface area (Å²) in [7, 11) is 0. The number of rotatable bonds is 3. The molecule has 1 aromatic heterocycles. The molecule has 0 aliphatic heterocycles. The highest BCUT2D eigenvalue weighted by atomic mass is 16.2. The van der Waals surface area contributed by atoms with Gasteiger partial charge in [-0.2, -0.15) is 0 Å². The van der Waals surface area contributed by atoms with E-state index in [9.17, 15) is 4.79 Å². The van der Waals surface area contributed by atoms with Crippen LogP contribution in [0.15, 0.2) is 18.2 Å². The van der Waals surface area contributed by atoms with Crippen molar-refractivity contribution < 1.29 is 4.79 Å². The van der Waals surface area contributed by atoms with Gasteiger partial charge in [0.1, 0.15) is 0 Å². The topological polar surface area (TPSA) is 68.0 Å². The molecular formula is C9H13N3O. The summed E-state index contributed by atoms with van der Waals surface area (Å²) in [5.74, 6) is 4.74. The first-order valence-corrected chi connectivity index (χ1v) is 4.20. The normalized spacial score (nSPS) is 9.69. The van der Waals surface area contributed by atoms with Crippen LogP contribution >= 0.6 is 0 Å². The Bertz CT molecular complexity index is 299. The van der Waals surface area contributed by atoms with E-state index in [-0.39, 0.29) is 12.3 Å². The number of aromatic nitrogens is 1. The van der Waals surface area contributed by atoms with Crippen molar-refractivity contribution in [1.29, 1.82) is 0 Å². The van der Waals surface area contributed by atoms with Crippen LogP contribution in [0.25, 0.3) is 0 Å². The highest BCUT2D eigenvalue weighted by Gasteiger charge is 2.02. The quantitative estimate of drug-likeness (QED) is 0.395. The third-order valence-corrected chi connectivity index (χ3v) is 1.73. The first-order chi connectivity index (χ1) is 6.26. The molecule has 3 N–H and O–H groups in total. The predicted molar refractivity (Wildman–Crippen MR) is 49.6 cm³/mol. The minimum atomic E-state index is -0.222. The highest BCUT2D eigenvalue weighted by Crippen LogP contribution is 2.00. The van der Waals surface area contributed by atoms with Gasteiger partial charge in [0.15, 0.2) is 0 Å². The summed E-state index contributed by atoms with van der Waals surface area (Å²) in [5, 5.41) is 0. The molecule has 0 spiro atoms. The lowest BCUT2D eigenvalue weighted by Crippen LogP contribution is -2.31. The molecule has 1 heterocycles. The fourth-order valence-corrected chi connectivity index (χ4v) is 1.04. The number of hydrazine groups is 1. The summed E-state index contributed by atoms with van der Waals surface area (Å²) in [6, 6.07) is 5.64. The molecule has 0 saturated carbocycles. The molecule has 0 bridgehead atoms. The predicted octanol–water partition coefficient (Wildman–Crippen LogP) is 0.176. The van der Waals surface area contributed by atoms with Crippen molar-refractivity contribution >= 4 is 5.91 Å². The fraction of sp³-hybridized carbons (Fsp3) is 0.333. The molecule has 70 valence electrons. The van der Waals surface area contributed by atoms with Gasteiger partial charge in [-0.25, -0.2) is 5.84 Å². The summed E-state index contributed by atoms with van der Waals surface area (Å²) in [5.41, 5.74) is 3.81. The maximum atomic E-state index is 10.9. The highest BCUT2D eigenvalue weighted by molar-refractivity contribution is 5.77. The van der Waals surface area contributed by atoms with Crippen LogP contribution in [0.4, 0.5) is 0 Å². The van der Waals surface area contributed by atoms with Crippen LogP contribution in [0.3, 0.4) is 0 Å². The minimum absolute atomic E-state index is 0.222. The van der Waals surface area contributed by atoms with Crippen molar-refractivity contribution in [3.63, 3.8) is 0 Å². The van der Waals surface area contributed by atoms with E-state index in [4.69, 9.17) is 5.84 Å². The Morgan fingerprint density at radius 2 is 2.23 bits per heavy atom. The maximum Gasteiger partial charge on any atom is 0.239 e. The van der Waals surface area contributed by atoms with Gasteiger partial charge in [0.25, 0.3) is 0 Å². The number of amides is 1. The Morgan fingerprint density at radius 1 is 1.54 bits per heavy atom. The lowest BCUT2D eigenvalue weighted by Gasteiger charge is -2.01. The Morgan fingerprint density at radius 3 is 2.85 bits per heavy atom. The lowest BCUT2D eigenvalue weighted by atomic mass is 10.2. The zero-order valence-corrected chi connectivity index (χ0v) is 7.58. The molecule has 13 heavy (non-hydrogen) atoms. The van der Waals surface area contributed by atoms with Crippen molar-refractivity contribution in [3.05, 3.63) is 29.6 Å². The molecule has 0 fully saturated rings. The Hall–Kier alpha value is -1.42. The van der Waals surface area contributed by atoms with Gasteiger partial charge in [-0.05, 0) is 18.6 Å². The molecule has 0 radical (unpaired) electrons. The van der Waals surface area contributed by atoms with Gasteiger partial charge in [-0.3, -0.25) is 15.2 Å². The maximum absolute atomic E-state index is 10.9. The third kappa shape index (κ3) is 2.83. The summed E-state index contributed by atoms with van der Waals surface area (Å²) < 4.78 is 0. The lowest BCUT2D eigenvalue weighted by molar-refractivity contribution is -0.120. The van der Waals surface area contributed by atoms with E-state index in [2.05, 4.69) is 10.4 Å². The SMILES string of the molecule is CCc1cccc(CC(=O)NN)n1. The van der Waals surface area contributed by atoms with E-state index >= 15 is 0 Å². The van der Waals surface area contributed by atoms with Crippen LogP contribution in [0, 0.1) is 0 Å². The van der Waals surface area contributed by atoms with Crippen molar-refractivity contribution in [2.24, 2.45) is 5.84 Å². The largest absolute Gasteiger partial charge is 0.294 e. The summed E-state index contributed by atoms with van der Waals surface area (Å²) in [6.07, 6.45) is 1.11. The Balaban J connectivity index is 2.71. The van der Waals surface area contributed by atoms with Gasteiger partial charge in [-0.1, -0.05) is 13.0 Å². The number of hydrogen-bond acceptors (Lipinski definition) is 3. The zero-order valence-electron chi connectivity index (χ0n) is 7.58. The molecule has 4 nitrogen and oxygen atoms in total. The van der Waals surface area contributed by atoms with Gasteiger partial charge < -0.3 is 0 Å². The van der Waals surface area contributed by atoms with Crippen LogP contribution in [-0.4, -0.2) is 10.9 Å². The standard InChI is InChI=1S/C9H13N3O/c1-2-7-4-3-5-8(11-7)6-9(13)12-10/h3-5H,2,6,10H2,1H3,(H,12,13). The molecule has 0 saturated heterocycles. The number of carbonyl (C=O) groups is 1. The molecule has 0 atom stereocenters. The number of carbonyl (C=O) groups excluding carboxylic acids is 1. The Kier molecular flexibility index (Phi) is 3.40. The molecule has 0 unspecified atom stereocenters. The average molecular weight is 179 g/mol. The van der Waals surface area contributed by atoms with Crippen LogP contribution in [0.5, 0.6) is 0 Å². The van der Waals surface area contributed by atoms with E-state index in [1.165, 1.54) is 0 Å². The van der Waals surface area contributed by atoms with E-state index in [1.807, 2.05) is 25.1 Å². The second-order valence-electron chi connectivity index (χ2n) is 2.72. The van der Waals surface area contributed by atoms with Crippen molar-refractivity contribution in [2.75, 3.05) is 0 Å². The summed E-state index contributed by atoms with van der Waals surface area (Å²) in [4.78, 5) is 15.2. The molecule has 1 amide bonds. The number of nitrogens with one attached hydrogen (secondary N) is 1. The van der Waals surface area contributed by atoms with E-state index < -0.39 is 0 Å². The molecule has 0 aliphatic carbocycles. The van der Waals surface area contributed by atoms with Gasteiger partial charge in [0.2, 0.25) is 5.91 Å². The van der Waals surface area contributed by atoms with Crippen LogP contribution < -0.4 is 11.3 Å². The number of pyridine rings is 1. The molecule has 4 heteroatoms. The monoisotopic (exact) mass is 179 g/mol. The average Bonchev–Trinajstić information content (AvgIpc) is 2.18. The van der Waals surface area contributed by atoms with Gasteiger partial charge in [0.05, 0.1) is 12.1 Å². The molecule has 1 rings (SSSR count). The number of nitrogens with two attached hydrogens (primary N) is 1. The number of aryl methyl sites for hydroxylation is 1. The van der Waals surface area contributed by atoms with Crippen LogP contribution in [-0.2, 0) is 17.6 Å². The van der Waals surface area contributed by atoms with Crippen LogP contribution in [0.1, 0.15) is 18.3 Å².